The van der Waals surface area contributed by atoms with Crippen LogP contribution < -0.4 is 5.73 Å². The Morgan fingerprint density at radius 2 is 2.11 bits per heavy atom. The lowest BCUT2D eigenvalue weighted by atomic mass is 10.1. The van der Waals surface area contributed by atoms with Crippen LogP contribution in [0, 0.1) is 0 Å². The number of nitrogens with zero attached hydrogens (tertiary/aromatic N) is 1. The van der Waals surface area contributed by atoms with E-state index in [1.807, 2.05) is 0 Å². The van der Waals surface area contributed by atoms with Crippen LogP contribution in [0.5, 0.6) is 0 Å². The third-order valence-corrected chi connectivity index (χ3v) is 4.51. The van der Waals surface area contributed by atoms with Gasteiger partial charge in [0.15, 0.2) is 0 Å². The molecule has 1 aliphatic carbocycles. The van der Waals surface area contributed by atoms with Gasteiger partial charge in [0.2, 0.25) is 0 Å². The molecule has 0 amide bonds. The third-order valence-electron chi connectivity index (χ3n) is 4.24. The van der Waals surface area contributed by atoms with Gasteiger partial charge in [-0.3, -0.25) is 4.90 Å². The highest BCUT2D eigenvalue weighted by Gasteiger charge is 2.26. The molecule has 1 heterocycles. The van der Waals surface area contributed by atoms with Gasteiger partial charge in [-0.15, -0.1) is 0 Å². The zero-order chi connectivity index (χ0) is 12.5. The second-order valence-corrected chi connectivity index (χ2v) is 5.96. The monoisotopic (exact) mass is 260 g/mol. The first kappa shape index (κ1) is 12.1. The quantitative estimate of drug-likeness (QED) is 0.846. The van der Waals surface area contributed by atoms with Crippen LogP contribution in [-0.4, -0.2) is 22.5 Å². The summed E-state index contributed by atoms with van der Waals surface area (Å²) in [5.74, 6) is 0. The van der Waals surface area contributed by atoms with E-state index in [0.29, 0.717) is 11.0 Å². The first-order valence-electron chi connectivity index (χ1n) is 6.88. The summed E-state index contributed by atoms with van der Waals surface area (Å²) in [6.45, 7) is 2.12. The zero-order valence-electron chi connectivity index (χ0n) is 10.7. The lowest BCUT2D eigenvalue weighted by Crippen LogP contribution is -2.38. The normalized spacial score (nSPS) is 23.2. The van der Waals surface area contributed by atoms with Crippen LogP contribution >= 0.6 is 12.2 Å². The summed E-state index contributed by atoms with van der Waals surface area (Å²) in [6, 6.07) is 7.29. The van der Waals surface area contributed by atoms with Gasteiger partial charge < -0.3 is 5.73 Å². The van der Waals surface area contributed by atoms with Crippen molar-refractivity contribution in [2.45, 2.75) is 44.7 Å². The second-order valence-electron chi connectivity index (χ2n) is 5.49. The van der Waals surface area contributed by atoms with Crippen LogP contribution in [0.4, 0.5) is 0 Å². The molecule has 96 valence electrons. The molecule has 0 bridgehead atoms. The van der Waals surface area contributed by atoms with Gasteiger partial charge in [-0.05, 0) is 55.3 Å². The molecule has 1 aromatic rings. The molecule has 1 aliphatic heterocycles. The lowest BCUT2D eigenvalue weighted by Gasteiger charge is -2.23. The van der Waals surface area contributed by atoms with Crippen molar-refractivity contribution in [3.05, 3.63) is 34.9 Å². The number of hydrogen-bond acceptors (Lipinski definition) is 2. The van der Waals surface area contributed by atoms with Gasteiger partial charge in [0, 0.05) is 6.54 Å². The summed E-state index contributed by atoms with van der Waals surface area (Å²) in [4.78, 5) is 3.09. The molecule has 3 heteroatoms. The molecule has 2 nitrogen and oxygen atoms in total. The average molecular weight is 260 g/mol. The maximum atomic E-state index is 5.82. The van der Waals surface area contributed by atoms with Gasteiger partial charge in [0.05, 0.1) is 11.0 Å². The van der Waals surface area contributed by atoms with Crippen LogP contribution in [0.15, 0.2) is 18.2 Å². The molecule has 2 aliphatic rings. The fourth-order valence-corrected chi connectivity index (χ4v) is 3.56. The summed E-state index contributed by atoms with van der Waals surface area (Å²) < 4.78 is 0. The fourth-order valence-electron chi connectivity index (χ4n) is 3.30. The Morgan fingerprint density at radius 1 is 1.28 bits per heavy atom. The summed E-state index contributed by atoms with van der Waals surface area (Å²) in [5, 5.41) is 0. The highest BCUT2D eigenvalue weighted by molar-refractivity contribution is 7.80. The minimum atomic E-state index is 0.313. The van der Waals surface area contributed by atoms with E-state index in [9.17, 15) is 0 Å². The number of aryl methyl sites for hydroxylation is 2. The predicted molar refractivity (Wildman–Crippen MR) is 78.7 cm³/mol. The standard InChI is InChI=1S/C15H20N2S/c16-15(18)14-5-2-8-17(14)10-11-6-7-12-3-1-4-13(12)9-11/h6-7,9,14H,1-5,8,10H2,(H2,16,18). The molecule has 1 unspecified atom stereocenters. The Hall–Kier alpha value is -0.930. The molecule has 1 fully saturated rings. The predicted octanol–water partition coefficient (Wildman–Crippen LogP) is 2.43. The Kier molecular flexibility index (Phi) is 3.35. The topological polar surface area (TPSA) is 29.3 Å². The molecule has 1 aromatic carbocycles. The van der Waals surface area contributed by atoms with E-state index in [-0.39, 0.29) is 0 Å². The van der Waals surface area contributed by atoms with Crippen molar-refractivity contribution in [1.29, 1.82) is 0 Å². The second kappa shape index (κ2) is 4.98. The average Bonchev–Trinajstić information content (AvgIpc) is 2.96. The first-order chi connectivity index (χ1) is 8.74. The minimum Gasteiger partial charge on any atom is -0.392 e. The van der Waals surface area contributed by atoms with Crippen molar-refractivity contribution in [1.82, 2.24) is 4.90 Å². The van der Waals surface area contributed by atoms with Crippen molar-refractivity contribution < 1.29 is 0 Å². The van der Waals surface area contributed by atoms with E-state index >= 15 is 0 Å². The highest BCUT2D eigenvalue weighted by Crippen LogP contribution is 2.25. The Bertz CT molecular complexity index is 470. The third kappa shape index (κ3) is 2.29. The van der Waals surface area contributed by atoms with E-state index in [0.717, 1.165) is 19.5 Å². The number of nitrogens with two attached hydrogens (primary N) is 1. The Morgan fingerprint density at radius 3 is 2.94 bits per heavy atom. The summed E-state index contributed by atoms with van der Waals surface area (Å²) in [6.07, 6.45) is 6.17. The van der Waals surface area contributed by atoms with Crippen molar-refractivity contribution in [2.24, 2.45) is 5.73 Å². The molecule has 0 saturated carbocycles. The first-order valence-corrected chi connectivity index (χ1v) is 7.29. The van der Waals surface area contributed by atoms with Crippen LogP contribution in [0.25, 0.3) is 0 Å². The Labute approximate surface area is 114 Å². The largest absolute Gasteiger partial charge is 0.392 e. The van der Waals surface area contributed by atoms with Crippen molar-refractivity contribution in [2.75, 3.05) is 6.54 Å². The van der Waals surface area contributed by atoms with Crippen molar-refractivity contribution in [3.63, 3.8) is 0 Å². The highest BCUT2D eigenvalue weighted by atomic mass is 32.1. The van der Waals surface area contributed by atoms with E-state index in [1.165, 1.54) is 31.2 Å². The number of thiocarbonyl (C=S) groups is 1. The molecule has 2 N–H and O–H groups in total. The van der Waals surface area contributed by atoms with E-state index < -0.39 is 0 Å². The molecular weight excluding hydrogens is 240 g/mol. The smallest absolute Gasteiger partial charge is 0.0902 e. The van der Waals surface area contributed by atoms with Crippen LogP contribution in [0.2, 0.25) is 0 Å². The van der Waals surface area contributed by atoms with Gasteiger partial charge in [0.1, 0.15) is 0 Å². The van der Waals surface area contributed by atoms with E-state index in [4.69, 9.17) is 18.0 Å². The van der Waals surface area contributed by atoms with Crippen molar-refractivity contribution in [3.8, 4) is 0 Å². The molecule has 0 radical (unpaired) electrons. The van der Waals surface area contributed by atoms with Crippen molar-refractivity contribution >= 4 is 17.2 Å². The summed E-state index contributed by atoms with van der Waals surface area (Å²) in [5.41, 5.74) is 10.3. The number of rotatable bonds is 3. The molecule has 3 rings (SSSR count). The van der Waals surface area contributed by atoms with Gasteiger partial charge in [0.25, 0.3) is 0 Å². The van der Waals surface area contributed by atoms with Crippen LogP contribution in [0.3, 0.4) is 0 Å². The molecule has 1 atom stereocenters. The van der Waals surface area contributed by atoms with E-state index in [2.05, 4.69) is 23.1 Å². The molecule has 1 saturated heterocycles. The molecule has 0 spiro atoms. The lowest BCUT2D eigenvalue weighted by molar-refractivity contribution is 0.295. The van der Waals surface area contributed by atoms with Crippen LogP contribution in [0.1, 0.15) is 36.0 Å². The number of likely N-dealkylation sites (tertiary alicyclic amines) is 1. The summed E-state index contributed by atoms with van der Waals surface area (Å²) >= 11 is 5.16. The van der Waals surface area contributed by atoms with Gasteiger partial charge in [-0.25, -0.2) is 0 Å². The SMILES string of the molecule is NC(=S)C1CCCN1Cc1ccc2c(c1)CCC2. The zero-order valence-corrected chi connectivity index (χ0v) is 11.5. The number of benzene rings is 1. The number of fused-ring (bicyclic) bond motifs is 1. The summed E-state index contributed by atoms with van der Waals surface area (Å²) in [7, 11) is 0. The number of hydrogen-bond donors (Lipinski definition) is 1. The van der Waals surface area contributed by atoms with Gasteiger partial charge >= 0.3 is 0 Å². The van der Waals surface area contributed by atoms with Gasteiger partial charge in [-0.2, -0.15) is 0 Å². The fraction of sp³-hybridized carbons (Fsp3) is 0.533. The molecule has 18 heavy (non-hydrogen) atoms. The van der Waals surface area contributed by atoms with Crippen LogP contribution in [-0.2, 0) is 19.4 Å². The molecule has 0 aromatic heterocycles. The van der Waals surface area contributed by atoms with E-state index in [1.54, 1.807) is 11.1 Å². The maximum Gasteiger partial charge on any atom is 0.0902 e. The Balaban J connectivity index is 1.74. The molecular formula is C15H20N2S. The minimum absolute atomic E-state index is 0.313. The van der Waals surface area contributed by atoms with Gasteiger partial charge in [-0.1, -0.05) is 30.4 Å². The maximum absolute atomic E-state index is 5.82.